The number of aromatic hydroxyl groups is 1. The van der Waals surface area contributed by atoms with E-state index in [0.717, 1.165) is 19.2 Å². The summed E-state index contributed by atoms with van der Waals surface area (Å²) in [7, 11) is 1.06. The molecule has 84 valence electrons. The van der Waals surface area contributed by atoms with Gasteiger partial charge in [0, 0.05) is 5.56 Å². The molecule has 0 saturated heterocycles. The van der Waals surface area contributed by atoms with Crippen LogP contribution in [0.2, 0.25) is 0 Å². The van der Waals surface area contributed by atoms with Crippen LogP contribution in [-0.4, -0.2) is 18.2 Å². The molecule has 0 fully saturated rings. The highest BCUT2D eigenvalue weighted by Gasteiger charge is 2.20. The Labute approximate surface area is 89.7 Å². The van der Waals surface area contributed by atoms with Crippen LogP contribution >= 0.6 is 0 Å². The van der Waals surface area contributed by atoms with Crippen LogP contribution in [-0.2, 0) is 4.74 Å². The lowest BCUT2D eigenvalue weighted by Gasteiger charge is -2.07. The van der Waals surface area contributed by atoms with Crippen LogP contribution in [0.15, 0.2) is 12.1 Å². The van der Waals surface area contributed by atoms with Crippen LogP contribution in [0.1, 0.15) is 27.9 Å². The molecule has 0 aliphatic carbocycles. The number of nitrogens with zero attached hydrogens (tertiary/aromatic N) is 1. The fraction of sp³-hybridized carbons (Fsp3) is 0.200. The van der Waals surface area contributed by atoms with Crippen LogP contribution < -0.4 is 0 Å². The van der Waals surface area contributed by atoms with E-state index >= 15 is 0 Å². The standard InChI is InChI=1S/C10H7F2NO3/c1-16-10(15)8-6(4-13)2-5(9(11)12)3-7(8)14/h2-3,9,14H,1H3. The number of hydrogen-bond donors (Lipinski definition) is 1. The lowest BCUT2D eigenvalue weighted by molar-refractivity contribution is 0.0596. The number of hydrogen-bond acceptors (Lipinski definition) is 4. The van der Waals surface area contributed by atoms with E-state index in [-0.39, 0.29) is 5.56 Å². The summed E-state index contributed by atoms with van der Waals surface area (Å²) in [5, 5.41) is 18.0. The van der Waals surface area contributed by atoms with Gasteiger partial charge >= 0.3 is 5.97 Å². The number of benzene rings is 1. The third kappa shape index (κ3) is 2.08. The largest absolute Gasteiger partial charge is 0.507 e. The van der Waals surface area contributed by atoms with Gasteiger partial charge in [0.25, 0.3) is 6.43 Å². The maximum atomic E-state index is 12.3. The number of ether oxygens (including phenoxy) is 1. The number of nitriles is 1. The number of phenolic OH excluding ortho intramolecular Hbond substituents is 1. The fourth-order valence-corrected chi connectivity index (χ4v) is 1.18. The highest BCUT2D eigenvalue weighted by molar-refractivity contribution is 5.95. The first-order valence-electron chi connectivity index (χ1n) is 4.14. The zero-order chi connectivity index (χ0) is 12.3. The maximum Gasteiger partial charge on any atom is 0.343 e. The van der Waals surface area contributed by atoms with Crippen LogP contribution in [0.4, 0.5) is 8.78 Å². The summed E-state index contributed by atoms with van der Waals surface area (Å²) in [6, 6.07) is 3.13. The summed E-state index contributed by atoms with van der Waals surface area (Å²) < 4.78 is 29.0. The number of carbonyl (C=O) groups excluding carboxylic acids is 1. The van der Waals surface area contributed by atoms with E-state index in [2.05, 4.69) is 4.74 Å². The second-order valence-electron chi connectivity index (χ2n) is 2.87. The molecule has 0 spiro atoms. The van der Waals surface area contributed by atoms with Gasteiger partial charge in [-0.3, -0.25) is 0 Å². The number of alkyl halides is 2. The van der Waals surface area contributed by atoms with Crippen molar-refractivity contribution in [2.75, 3.05) is 7.11 Å². The Hall–Kier alpha value is -2.16. The van der Waals surface area contributed by atoms with Crippen LogP contribution in [0.3, 0.4) is 0 Å². The molecule has 0 unspecified atom stereocenters. The molecule has 0 heterocycles. The zero-order valence-electron chi connectivity index (χ0n) is 8.20. The molecular weight excluding hydrogens is 220 g/mol. The fourth-order valence-electron chi connectivity index (χ4n) is 1.18. The van der Waals surface area contributed by atoms with Crippen molar-refractivity contribution in [1.29, 1.82) is 5.26 Å². The summed E-state index contributed by atoms with van der Waals surface area (Å²) >= 11 is 0. The van der Waals surface area contributed by atoms with E-state index in [1.807, 2.05) is 0 Å². The number of phenols is 1. The van der Waals surface area contributed by atoms with E-state index in [1.165, 1.54) is 0 Å². The number of rotatable bonds is 2. The highest BCUT2D eigenvalue weighted by atomic mass is 19.3. The van der Waals surface area contributed by atoms with E-state index in [4.69, 9.17) is 5.26 Å². The molecule has 1 rings (SSSR count). The molecule has 0 bridgehead atoms. The minimum absolute atomic E-state index is 0.345. The summed E-state index contributed by atoms with van der Waals surface area (Å²) in [5.74, 6) is -1.64. The molecule has 1 N–H and O–H groups in total. The van der Waals surface area contributed by atoms with E-state index < -0.39 is 29.3 Å². The molecule has 0 aromatic heterocycles. The van der Waals surface area contributed by atoms with Gasteiger partial charge in [0.2, 0.25) is 0 Å². The van der Waals surface area contributed by atoms with E-state index in [1.54, 1.807) is 6.07 Å². The molecule has 0 aliphatic rings. The number of carbonyl (C=O) groups is 1. The number of methoxy groups -OCH3 is 1. The average molecular weight is 227 g/mol. The topological polar surface area (TPSA) is 70.3 Å². The van der Waals surface area contributed by atoms with Gasteiger partial charge in [-0.25, -0.2) is 13.6 Å². The molecule has 16 heavy (non-hydrogen) atoms. The lowest BCUT2D eigenvalue weighted by Crippen LogP contribution is -2.05. The SMILES string of the molecule is COC(=O)c1c(O)cc(C(F)F)cc1C#N. The lowest BCUT2D eigenvalue weighted by atomic mass is 10.0. The predicted molar refractivity (Wildman–Crippen MR) is 49.1 cm³/mol. The van der Waals surface area contributed by atoms with Crippen molar-refractivity contribution < 1.29 is 23.4 Å². The third-order valence-electron chi connectivity index (χ3n) is 1.90. The summed E-state index contributed by atoms with van der Waals surface area (Å²) in [6.45, 7) is 0. The maximum absolute atomic E-state index is 12.3. The first-order valence-corrected chi connectivity index (χ1v) is 4.14. The van der Waals surface area contributed by atoms with Crippen molar-refractivity contribution >= 4 is 5.97 Å². The Kier molecular flexibility index (Phi) is 3.40. The predicted octanol–water partition coefficient (Wildman–Crippen LogP) is 1.99. The molecule has 6 heteroatoms. The molecule has 4 nitrogen and oxygen atoms in total. The molecule has 1 aromatic rings. The van der Waals surface area contributed by atoms with E-state index in [0.29, 0.717) is 0 Å². The Bertz CT molecular complexity index is 466. The van der Waals surface area contributed by atoms with E-state index in [9.17, 15) is 18.7 Å². The minimum Gasteiger partial charge on any atom is -0.507 e. The quantitative estimate of drug-likeness (QED) is 0.784. The molecule has 0 aliphatic heterocycles. The Morgan fingerprint density at radius 1 is 1.56 bits per heavy atom. The summed E-state index contributed by atoms with van der Waals surface area (Å²) in [4.78, 5) is 11.2. The van der Waals surface area contributed by atoms with Crippen LogP contribution in [0.5, 0.6) is 5.75 Å². The van der Waals surface area contributed by atoms with Gasteiger partial charge in [-0.2, -0.15) is 5.26 Å². The first kappa shape index (κ1) is 11.9. The van der Waals surface area contributed by atoms with Gasteiger partial charge in [0.05, 0.1) is 12.7 Å². The van der Waals surface area contributed by atoms with Crippen molar-refractivity contribution in [3.05, 3.63) is 28.8 Å². The monoisotopic (exact) mass is 227 g/mol. The van der Waals surface area contributed by atoms with Gasteiger partial charge in [0.15, 0.2) is 0 Å². The van der Waals surface area contributed by atoms with Gasteiger partial charge in [0.1, 0.15) is 17.4 Å². The van der Waals surface area contributed by atoms with Crippen molar-refractivity contribution in [3.8, 4) is 11.8 Å². The first-order chi connectivity index (χ1) is 7.51. The molecule has 0 saturated carbocycles. The Morgan fingerprint density at radius 2 is 2.19 bits per heavy atom. The molecule has 0 amide bonds. The summed E-state index contributed by atoms with van der Waals surface area (Å²) in [6.07, 6.45) is -2.83. The third-order valence-corrected chi connectivity index (χ3v) is 1.90. The van der Waals surface area contributed by atoms with Crippen LogP contribution in [0, 0.1) is 11.3 Å². The van der Waals surface area contributed by atoms with Gasteiger partial charge in [-0.1, -0.05) is 0 Å². The smallest absolute Gasteiger partial charge is 0.343 e. The molecular formula is C10H7F2NO3. The van der Waals surface area contributed by atoms with Crippen molar-refractivity contribution in [2.24, 2.45) is 0 Å². The number of esters is 1. The molecule has 1 aromatic carbocycles. The highest BCUT2D eigenvalue weighted by Crippen LogP contribution is 2.29. The molecule has 0 radical (unpaired) electrons. The normalized spacial score (nSPS) is 9.94. The second-order valence-corrected chi connectivity index (χ2v) is 2.87. The minimum atomic E-state index is -2.83. The Balaban J connectivity index is 3.42. The van der Waals surface area contributed by atoms with Crippen molar-refractivity contribution in [3.63, 3.8) is 0 Å². The zero-order valence-corrected chi connectivity index (χ0v) is 8.20. The molecule has 0 atom stereocenters. The van der Waals surface area contributed by atoms with Gasteiger partial charge in [-0.05, 0) is 12.1 Å². The number of halogens is 2. The van der Waals surface area contributed by atoms with Crippen molar-refractivity contribution in [2.45, 2.75) is 6.43 Å². The van der Waals surface area contributed by atoms with Crippen LogP contribution in [0.25, 0.3) is 0 Å². The average Bonchev–Trinajstić information content (AvgIpc) is 2.26. The van der Waals surface area contributed by atoms with Crippen molar-refractivity contribution in [1.82, 2.24) is 0 Å². The Morgan fingerprint density at radius 3 is 2.62 bits per heavy atom. The van der Waals surface area contributed by atoms with Gasteiger partial charge in [-0.15, -0.1) is 0 Å². The second kappa shape index (κ2) is 4.57. The van der Waals surface area contributed by atoms with Gasteiger partial charge < -0.3 is 9.84 Å². The summed E-state index contributed by atoms with van der Waals surface area (Å²) in [5.41, 5.74) is -1.28.